The van der Waals surface area contributed by atoms with Gasteiger partial charge in [-0.15, -0.1) is 0 Å². The van der Waals surface area contributed by atoms with Crippen LogP contribution in [0.3, 0.4) is 0 Å². The molecule has 0 aliphatic heterocycles. The first-order chi connectivity index (χ1) is 8.99. The van der Waals surface area contributed by atoms with Crippen LogP contribution in [0, 0.1) is 11.6 Å². The highest BCUT2D eigenvalue weighted by Crippen LogP contribution is 2.29. The highest BCUT2D eigenvalue weighted by Gasteiger charge is 2.17. The summed E-state index contributed by atoms with van der Waals surface area (Å²) in [5.41, 5.74) is 6.92. The minimum absolute atomic E-state index is 0.260. The van der Waals surface area contributed by atoms with Crippen LogP contribution in [0.2, 0.25) is 5.02 Å². The van der Waals surface area contributed by atoms with E-state index >= 15 is 0 Å². The molecular weight excluding hydrogens is 336 g/mol. The summed E-state index contributed by atoms with van der Waals surface area (Å²) in [6.07, 6.45) is 0.260. The molecule has 19 heavy (non-hydrogen) atoms. The second-order valence-corrected chi connectivity index (χ2v) is 5.44. The predicted octanol–water partition coefficient (Wildman–Crippen LogP) is 4.62. The van der Waals surface area contributed by atoms with Crippen LogP contribution in [0.4, 0.5) is 8.78 Å². The van der Waals surface area contributed by atoms with Crippen LogP contribution in [0.15, 0.2) is 40.9 Å². The average Bonchev–Trinajstić information content (AvgIpc) is 2.33. The average molecular weight is 347 g/mol. The van der Waals surface area contributed by atoms with Crippen molar-refractivity contribution in [2.24, 2.45) is 5.73 Å². The smallest absolute Gasteiger partial charge is 0.129 e. The van der Waals surface area contributed by atoms with Gasteiger partial charge in [-0.1, -0.05) is 33.6 Å². The Labute approximate surface area is 123 Å². The Morgan fingerprint density at radius 1 is 1.21 bits per heavy atom. The number of hydrogen-bond acceptors (Lipinski definition) is 1. The molecule has 0 aliphatic carbocycles. The predicted molar refractivity (Wildman–Crippen MR) is 76.1 cm³/mol. The van der Waals surface area contributed by atoms with E-state index in [1.165, 1.54) is 24.3 Å². The minimum Gasteiger partial charge on any atom is -0.324 e. The Morgan fingerprint density at radius 2 is 1.95 bits per heavy atom. The fourth-order valence-corrected chi connectivity index (χ4v) is 2.73. The zero-order chi connectivity index (χ0) is 14.0. The van der Waals surface area contributed by atoms with Gasteiger partial charge >= 0.3 is 0 Å². The molecule has 0 spiro atoms. The maximum atomic E-state index is 13.8. The molecule has 1 unspecified atom stereocenters. The first kappa shape index (κ1) is 14.4. The van der Waals surface area contributed by atoms with E-state index in [0.29, 0.717) is 20.6 Å². The molecule has 100 valence electrons. The third kappa shape index (κ3) is 3.32. The normalized spacial score (nSPS) is 12.5. The van der Waals surface area contributed by atoms with Gasteiger partial charge < -0.3 is 5.73 Å². The molecule has 0 aliphatic rings. The number of hydrogen-bond donors (Lipinski definition) is 1. The van der Waals surface area contributed by atoms with Crippen LogP contribution in [0.1, 0.15) is 17.2 Å². The monoisotopic (exact) mass is 345 g/mol. The van der Waals surface area contributed by atoms with Gasteiger partial charge in [0.25, 0.3) is 0 Å². The molecule has 0 aromatic heterocycles. The zero-order valence-corrected chi connectivity index (χ0v) is 12.2. The van der Waals surface area contributed by atoms with Crippen molar-refractivity contribution in [2.75, 3.05) is 0 Å². The molecule has 0 saturated carbocycles. The number of halogens is 4. The van der Waals surface area contributed by atoms with Gasteiger partial charge in [-0.2, -0.15) is 0 Å². The van der Waals surface area contributed by atoms with Crippen LogP contribution < -0.4 is 5.73 Å². The fourth-order valence-electron chi connectivity index (χ4n) is 1.90. The number of benzene rings is 2. The lowest BCUT2D eigenvalue weighted by atomic mass is 9.99. The summed E-state index contributed by atoms with van der Waals surface area (Å²) in [6.45, 7) is 0. The van der Waals surface area contributed by atoms with Crippen molar-refractivity contribution in [1.82, 2.24) is 0 Å². The van der Waals surface area contributed by atoms with Gasteiger partial charge in [-0.05, 0) is 42.3 Å². The third-order valence-corrected chi connectivity index (χ3v) is 3.88. The van der Waals surface area contributed by atoms with E-state index in [9.17, 15) is 8.78 Å². The van der Waals surface area contributed by atoms with E-state index in [4.69, 9.17) is 17.3 Å². The van der Waals surface area contributed by atoms with Gasteiger partial charge in [0.1, 0.15) is 11.6 Å². The van der Waals surface area contributed by atoms with Crippen molar-refractivity contribution in [3.63, 3.8) is 0 Å². The lowest BCUT2D eigenvalue weighted by Gasteiger charge is -2.15. The van der Waals surface area contributed by atoms with E-state index in [1.54, 1.807) is 12.1 Å². The Morgan fingerprint density at radius 3 is 2.63 bits per heavy atom. The topological polar surface area (TPSA) is 26.0 Å². The lowest BCUT2D eigenvalue weighted by molar-refractivity contribution is 0.576. The first-order valence-corrected chi connectivity index (χ1v) is 6.79. The Bertz CT molecular complexity index is 584. The van der Waals surface area contributed by atoms with Gasteiger partial charge in [0.15, 0.2) is 0 Å². The molecular formula is C14H11BrClF2N. The minimum atomic E-state index is -0.602. The van der Waals surface area contributed by atoms with Crippen LogP contribution in [0.5, 0.6) is 0 Å². The number of rotatable bonds is 3. The lowest BCUT2D eigenvalue weighted by Crippen LogP contribution is -2.16. The van der Waals surface area contributed by atoms with Crippen molar-refractivity contribution >= 4 is 27.5 Å². The molecule has 0 bridgehead atoms. The zero-order valence-electron chi connectivity index (χ0n) is 9.84. The SMILES string of the molecule is NC(Cc1cc(F)ccc1Cl)c1c(F)cccc1Br. The number of nitrogens with two attached hydrogens (primary N) is 1. The molecule has 0 saturated heterocycles. The van der Waals surface area contributed by atoms with Crippen LogP contribution in [-0.4, -0.2) is 0 Å². The van der Waals surface area contributed by atoms with Crippen molar-refractivity contribution in [3.05, 3.63) is 68.7 Å². The molecule has 1 nitrogen and oxygen atoms in total. The Balaban J connectivity index is 2.31. The molecule has 2 aromatic rings. The third-order valence-electron chi connectivity index (χ3n) is 2.82. The summed E-state index contributed by atoms with van der Waals surface area (Å²) in [7, 11) is 0. The summed E-state index contributed by atoms with van der Waals surface area (Å²) in [5.74, 6) is -0.784. The highest BCUT2D eigenvalue weighted by molar-refractivity contribution is 9.10. The second kappa shape index (κ2) is 5.99. The standard InChI is InChI=1S/C14H11BrClF2N/c15-10-2-1-3-12(18)14(10)13(19)7-8-6-9(17)4-5-11(8)16/h1-6,13H,7,19H2. The largest absolute Gasteiger partial charge is 0.324 e. The van der Waals surface area contributed by atoms with Crippen LogP contribution >= 0.6 is 27.5 Å². The van der Waals surface area contributed by atoms with E-state index in [-0.39, 0.29) is 12.2 Å². The molecule has 0 fully saturated rings. The second-order valence-electron chi connectivity index (χ2n) is 4.18. The molecule has 2 aromatic carbocycles. The molecule has 5 heteroatoms. The fraction of sp³-hybridized carbons (Fsp3) is 0.143. The summed E-state index contributed by atoms with van der Waals surface area (Å²) >= 11 is 9.25. The van der Waals surface area contributed by atoms with Crippen molar-refractivity contribution in [3.8, 4) is 0 Å². The molecule has 0 heterocycles. The van der Waals surface area contributed by atoms with Crippen molar-refractivity contribution < 1.29 is 8.78 Å². The van der Waals surface area contributed by atoms with Gasteiger partial charge in [0.05, 0.1) is 0 Å². The molecule has 0 radical (unpaired) electrons. The summed E-state index contributed by atoms with van der Waals surface area (Å²) in [5, 5.41) is 0.421. The van der Waals surface area contributed by atoms with Gasteiger partial charge in [-0.3, -0.25) is 0 Å². The molecule has 2 N–H and O–H groups in total. The molecule has 1 atom stereocenters. The van der Waals surface area contributed by atoms with Crippen LogP contribution in [0.25, 0.3) is 0 Å². The molecule has 0 amide bonds. The van der Waals surface area contributed by atoms with E-state index in [1.807, 2.05) is 0 Å². The Hall–Kier alpha value is -0.970. The van der Waals surface area contributed by atoms with Crippen molar-refractivity contribution in [2.45, 2.75) is 12.5 Å². The van der Waals surface area contributed by atoms with Crippen molar-refractivity contribution in [1.29, 1.82) is 0 Å². The van der Waals surface area contributed by atoms with E-state index in [2.05, 4.69) is 15.9 Å². The van der Waals surface area contributed by atoms with Gasteiger partial charge in [-0.25, -0.2) is 8.78 Å². The van der Waals surface area contributed by atoms with Gasteiger partial charge in [0, 0.05) is 21.1 Å². The van der Waals surface area contributed by atoms with E-state index < -0.39 is 11.9 Å². The highest BCUT2D eigenvalue weighted by atomic mass is 79.9. The quantitative estimate of drug-likeness (QED) is 0.862. The summed E-state index contributed by atoms with van der Waals surface area (Å²) < 4.78 is 27.5. The van der Waals surface area contributed by atoms with Crippen LogP contribution in [-0.2, 0) is 6.42 Å². The summed E-state index contributed by atoms with van der Waals surface area (Å²) in [6, 6.07) is 8.10. The molecule has 2 rings (SSSR count). The first-order valence-electron chi connectivity index (χ1n) is 5.62. The maximum absolute atomic E-state index is 13.8. The van der Waals surface area contributed by atoms with Gasteiger partial charge in [0.2, 0.25) is 0 Å². The van der Waals surface area contributed by atoms with E-state index in [0.717, 1.165) is 0 Å². The summed E-state index contributed by atoms with van der Waals surface area (Å²) in [4.78, 5) is 0. The maximum Gasteiger partial charge on any atom is 0.129 e. The Kier molecular flexibility index (Phi) is 4.55.